The molecule has 0 saturated carbocycles. The average molecular weight is 676 g/mol. The number of furan rings is 1. The molecule has 0 atom stereocenters. The quantitative estimate of drug-likeness (QED) is 0.163. The van der Waals surface area contributed by atoms with Crippen LogP contribution >= 0.6 is 0 Å². The van der Waals surface area contributed by atoms with E-state index < -0.39 is 8.07 Å². The van der Waals surface area contributed by atoms with Gasteiger partial charge in [-0.25, -0.2) is 0 Å². The SMILES string of the molecule is CC1(C)c2ccccc2-c2ccc(N(c3ccc(-c4ccccc4)cc3)c3ccc(-c4cccc5c4oc4c([Si](C)(C)C)cccc45)cc3)cc21. The second-order valence-electron chi connectivity index (χ2n) is 15.4. The predicted molar refractivity (Wildman–Crippen MR) is 220 cm³/mol. The fourth-order valence-corrected chi connectivity index (χ4v) is 9.60. The van der Waals surface area contributed by atoms with Gasteiger partial charge in [-0.2, -0.15) is 0 Å². The highest BCUT2D eigenvalue weighted by molar-refractivity contribution is 6.90. The standard InChI is InChI=1S/C48H41NOSi/c1-48(2)43-19-10-9-15-39(43)40-30-29-37(31-44(40)48)49(35-25-21-33(22-26-35)32-13-7-6-8-14-32)36-27-23-34(24-28-36)38-16-11-17-41-42-18-12-20-45(51(3,4)5)47(42)50-46(38)41/h6-31H,1-5H3. The largest absolute Gasteiger partial charge is 0.456 e. The van der Waals surface area contributed by atoms with Gasteiger partial charge in [-0.05, 0) is 80.5 Å². The Balaban J connectivity index is 1.16. The van der Waals surface area contributed by atoms with Crippen molar-refractivity contribution in [3.63, 3.8) is 0 Å². The monoisotopic (exact) mass is 675 g/mol. The second-order valence-corrected chi connectivity index (χ2v) is 20.5. The van der Waals surface area contributed by atoms with Crippen LogP contribution in [0, 0.1) is 0 Å². The van der Waals surface area contributed by atoms with E-state index in [9.17, 15) is 0 Å². The average Bonchev–Trinajstić information content (AvgIpc) is 3.64. The van der Waals surface area contributed by atoms with Crippen molar-refractivity contribution in [2.45, 2.75) is 38.9 Å². The zero-order chi connectivity index (χ0) is 34.9. The topological polar surface area (TPSA) is 16.4 Å². The van der Waals surface area contributed by atoms with Crippen molar-refractivity contribution in [2.75, 3.05) is 4.90 Å². The van der Waals surface area contributed by atoms with Crippen molar-refractivity contribution in [3.05, 3.63) is 169 Å². The summed E-state index contributed by atoms with van der Waals surface area (Å²) in [7, 11) is -1.60. The molecule has 0 fully saturated rings. The van der Waals surface area contributed by atoms with Crippen molar-refractivity contribution >= 4 is 52.3 Å². The highest BCUT2D eigenvalue weighted by Gasteiger charge is 2.35. The molecule has 1 aliphatic carbocycles. The summed E-state index contributed by atoms with van der Waals surface area (Å²) in [5.41, 5.74) is 15.4. The Kier molecular flexibility index (Phi) is 7.20. The molecule has 1 aliphatic rings. The van der Waals surface area contributed by atoms with E-state index >= 15 is 0 Å². The van der Waals surface area contributed by atoms with Crippen LogP contribution in [0.3, 0.4) is 0 Å². The minimum absolute atomic E-state index is 0.0881. The predicted octanol–water partition coefficient (Wildman–Crippen LogP) is 13.2. The van der Waals surface area contributed by atoms with Crippen LogP contribution in [0.2, 0.25) is 19.6 Å². The summed E-state index contributed by atoms with van der Waals surface area (Å²) in [6.45, 7) is 11.9. The summed E-state index contributed by atoms with van der Waals surface area (Å²) in [5, 5.41) is 3.75. The van der Waals surface area contributed by atoms with Gasteiger partial charge in [0.2, 0.25) is 0 Å². The molecule has 0 saturated heterocycles. The van der Waals surface area contributed by atoms with Gasteiger partial charge in [0, 0.05) is 38.8 Å². The third-order valence-corrected chi connectivity index (χ3v) is 12.8. The highest BCUT2D eigenvalue weighted by atomic mass is 28.3. The lowest BCUT2D eigenvalue weighted by Gasteiger charge is -2.28. The number of anilines is 3. The van der Waals surface area contributed by atoms with Crippen LogP contribution in [-0.2, 0) is 5.41 Å². The Labute approximate surface area is 301 Å². The van der Waals surface area contributed by atoms with Gasteiger partial charge in [0.15, 0.2) is 0 Å². The Morgan fingerprint density at radius 2 is 1.00 bits per heavy atom. The molecule has 8 aromatic rings. The second kappa shape index (κ2) is 11.7. The number of fused-ring (bicyclic) bond motifs is 6. The van der Waals surface area contributed by atoms with Crippen LogP contribution < -0.4 is 10.1 Å². The van der Waals surface area contributed by atoms with Crippen molar-refractivity contribution in [1.82, 2.24) is 0 Å². The first-order valence-corrected chi connectivity index (χ1v) is 21.4. The molecule has 0 N–H and O–H groups in total. The first-order valence-electron chi connectivity index (χ1n) is 17.9. The summed E-state index contributed by atoms with van der Waals surface area (Å²) in [6, 6.07) is 57.6. The number of hydrogen-bond donors (Lipinski definition) is 0. The van der Waals surface area contributed by atoms with Gasteiger partial charge in [0.05, 0.1) is 8.07 Å². The van der Waals surface area contributed by atoms with E-state index in [1.54, 1.807) is 0 Å². The number of nitrogens with zero attached hydrogens (tertiary/aromatic N) is 1. The first kappa shape index (κ1) is 31.3. The Morgan fingerprint density at radius 3 is 1.71 bits per heavy atom. The summed E-state index contributed by atoms with van der Waals surface area (Å²) in [4.78, 5) is 2.39. The van der Waals surface area contributed by atoms with Crippen LogP contribution in [-0.4, -0.2) is 8.07 Å². The van der Waals surface area contributed by atoms with E-state index in [-0.39, 0.29) is 5.41 Å². The van der Waals surface area contributed by atoms with Crippen LogP contribution in [0.5, 0.6) is 0 Å². The molecule has 7 aromatic carbocycles. The molecular weight excluding hydrogens is 635 g/mol. The van der Waals surface area contributed by atoms with Gasteiger partial charge in [-0.3, -0.25) is 0 Å². The summed E-state index contributed by atoms with van der Waals surface area (Å²) >= 11 is 0. The van der Waals surface area contributed by atoms with Crippen molar-refractivity contribution in [3.8, 4) is 33.4 Å². The minimum Gasteiger partial charge on any atom is -0.456 e. The lowest BCUT2D eigenvalue weighted by molar-refractivity contribution is 0.660. The van der Waals surface area contributed by atoms with E-state index in [0.717, 1.165) is 39.4 Å². The van der Waals surface area contributed by atoms with Crippen LogP contribution in [0.4, 0.5) is 17.1 Å². The third-order valence-electron chi connectivity index (χ3n) is 10.8. The van der Waals surface area contributed by atoms with Crippen molar-refractivity contribution in [1.29, 1.82) is 0 Å². The highest BCUT2D eigenvalue weighted by Crippen LogP contribution is 2.50. The van der Waals surface area contributed by atoms with Crippen LogP contribution in [0.1, 0.15) is 25.0 Å². The van der Waals surface area contributed by atoms with E-state index in [1.807, 2.05) is 0 Å². The van der Waals surface area contributed by atoms with Gasteiger partial charge >= 0.3 is 0 Å². The number of hydrogen-bond acceptors (Lipinski definition) is 2. The van der Waals surface area contributed by atoms with E-state index in [4.69, 9.17) is 4.42 Å². The van der Waals surface area contributed by atoms with Gasteiger partial charge in [-0.1, -0.05) is 155 Å². The van der Waals surface area contributed by atoms with Gasteiger partial charge in [0.25, 0.3) is 0 Å². The molecule has 0 unspecified atom stereocenters. The molecule has 9 rings (SSSR count). The minimum atomic E-state index is -1.60. The molecule has 0 radical (unpaired) electrons. The van der Waals surface area contributed by atoms with Crippen molar-refractivity contribution < 1.29 is 4.42 Å². The van der Waals surface area contributed by atoms with Gasteiger partial charge in [-0.15, -0.1) is 0 Å². The Bertz CT molecular complexity index is 2570. The number of benzene rings is 7. The normalized spacial score (nSPS) is 13.4. The molecule has 3 heteroatoms. The molecule has 0 amide bonds. The lowest BCUT2D eigenvalue weighted by atomic mass is 9.82. The zero-order valence-corrected chi connectivity index (χ0v) is 30.9. The maximum atomic E-state index is 6.77. The maximum Gasteiger partial charge on any atom is 0.143 e. The smallest absolute Gasteiger partial charge is 0.143 e. The van der Waals surface area contributed by atoms with E-state index in [2.05, 4.69) is 196 Å². The molecule has 51 heavy (non-hydrogen) atoms. The molecule has 0 aliphatic heterocycles. The number of rotatable bonds is 6. The van der Waals surface area contributed by atoms with E-state index in [0.29, 0.717) is 0 Å². The molecule has 1 heterocycles. The van der Waals surface area contributed by atoms with Crippen LogP contribution in [0.15, 0.2) is 162 Å². The fraction of sp³-hybridized carbons (Fsp3) is 0.125. The Hall–Kier alpha value is -5.64. The summed E-state index contributed by atoms with van der Waals surface area (Å²) in [5.74, 6) is 0. The van der Waals surface area contributed by atoms with Crippen LogP contribution in [0.25, 0.3) is 55.3 Å². The molecular formula is C48H41NOSi. The Morgan fingerprint density at radius 1 is 0.451 bits per heavy atom. The first-order chi connectivity index (χ1) is 24.7. The van der Waals surface area contributed by atoms with Crippen molar-refractivity contribution in [2.24, 2.45) is 0 Å². The summed E-state index contributed by atoms with van der Waals surface area (Å²) in [6.07, 6.45) is 0. The summed E-state index contributed by atoms with van der Waals surface area (Å²) < 4.78 is 6.77. The zero-order valence-electron chi connectivity index (χ0n) is 29.9. The lowest BCUT2D eigenvalue weighted by Crippen LogP contribution is -2.37. The van der Waals surface area contributed by atoms with Gasteiger partial charge in [0.1, 0.15) is 11.2 Å². The van der Waals surface area contributed by atoms with E-state index in [1.165, 1.54) is 49.3 Å². The molecule has 248 valence electrons. The third kappa shape index (κ3) is 5.15. The molecule has 0 spiro atoms. The fourth-order valence-electron chi connectivity index (χ4n) is 8.14. The number of para-hydroxylation sites is 2. The molecule has 1 aromatic heterocycles. The maximum absolute atomic E-state index is 6.77. The molecule has 0 bridgehead atoms. The molecule has 2 nitrogen and oxygen atoms in total. The van der Waals surface area contributed by atoms with Gasteiger partial charge < -0.3 is 9.32 Å².